The third kappa shape index (κ3) is 7.06. The molecule has 2 fully saturated rings. The number of rotatable bonds is 10. The van der Waals surface area contributed by atoms with Gasteiger partial charge in [0.25, 0.3) is 5.91 Å². The molecule has 0 saturated heterocycles. The van der Waals surface area contributed by atoms with E-state index < -0.39 is 48.8 Å². The fourth-order valence-corrected chi connectivity index (χ4v) is 5.58. The van der Waals surface area contributed by atoms with Crippen LogP contribution in [0.5, 0.6) is 0 Å². The van der Waals surface area contributed by atoms with Crippen molar-refractivity contribution >= 4 is 17.5 Å². The summed E-state index contributed by atoms with van der Waals surface area (Å²) in [4.78, 5) is 30.4. The number of hydrogen-bond acceptors (Lipinski definition) is 5. The Morgan fingerprint density at radius 2 is 1.74 bits per heavy atom. The maximum Gasteiger partial charge on any atom is 0.389 e. The summed E-state index contributed by atoms with van der Waals surface area (Å²) < 4.78 is 68.9. The molecule has 3 heterocycles. The second kappa shape index (κ2) is 11.6. The molecule has 3 aromatic heterocycles. The van der Waals surface area contributed by atoms with Gasteiger partial charge in [0.1, 0.15) is 5.69 Å². The number of alkyl halides is 5. The summed E-state index contributed by atoms with van der Waals surface area (Å²) in [5.74, 6) is -4.05. The van der Waals surface area contributed by atoms with Crippen LogP contribution in [0.2, 0.25) is 0 Å². The Labute approximate surface area is 239 Å². The van der Waals surface area contributed by atoms with Gasteiger partial charge in [0, 0.05) is 31.5 Å². The molecule has 0 bridgehead atoms. The standard InChI is InChI=1S/C28H34F5N7O2/c1-16(2)40-21(8-12-34-40)26(42)38-25(18-5-9-27(29,30)10-6-18)20-15-39-22(36-20)13-19(14-35-39)24(17-3-4-17)37-23(41)7-11-28(31,32)33/h8,12-18,24-25H,3-7,9-11H2,1-2H3,(H,37,41)(H,38,42)/t24-,25-/m0/s1. The second-order valence-electron chi connectivity index (χ2n) is 11.7. The van der Waals surface area contributed by atoms with E-state index in [-0.39, 0.29) is 43.6 Å². The molecule has 2 amide bonds. The Balaban J connectivity index is 1.40. The molecule has 2 atom stereocenters. The van der Waals surface area contributed by atoms with Crippen LogP contribution in [0, 0.1) is 11.8 Å². The van der Waals surface area contributed by atoms with E-state index in [1.54, 1.807) is 29.2 Å². The highest BCUT2D eigenvalue weighted by atomic mass is 19.4. The van der Waals surface area contributed by atoms with Gasteiger partial charge < -0.3 is 10.6 Å². The summed E-state index contributed by atoms with van der Waals surface area (Å²) >= 11 is 0. The summed E-state index contributed by atoms with van der Waals surface area (Å²) in [6.45, 7) is 3.78. The summed E-state index contributed by atoms with van der Waals surface area (Å²) in [6, 6.07) is 2.07. The number of hydrogen-bond donors (Lipinski definition) is 2. The Kier molecular flexibility index (Phi) is 8.26. The van der Waals surface area contributed by atoms with E-state index in [0.29, 0.717) is 22.6 Å². The summed E-state index contributed by atoms with van der Waals surface area (Å²) in [5, 5.41) is 14.4. The number of nitrogens with zero attached hydrogens (tertiary/aromatic N) is 5. The molecular formula is C28H34F5N7O2. The Morgan fingerprint density at radius 1 is 1.05 bits per heavy atom. The van der Waals surface area contributed by atoms with Gasteiger partial charge in [-0.05, 0) is 69.1 Å². The van der Waals surface area contributed by atoms with Crippen molar-refractivity contribution in [2.45, 2.75) is 95.4 Å². The first-order valence-corrected chi connectivity index (χ1v) is 14.2. The Bertz CT molecular complexity index is 1420. The predicted molar refractivity (Wildman–Crippen MR) is 142 cm³/mol. The third-order valence-corrected chi connectivity index (χ3v) is 7.99. The molecule has 2 aliphatic carbocycles. The molecule has 0 unspecified atom stereocenters. The molecule has 0 aromatic carbocycles. The largest absolute Gasteiger partial charge is 0.389 e. The van der Waals surface area contributed by atoms with Crippen molar-refractivity contribution < 1.29 is 31.5 Å². The minimum Gasteiger partial charge on any atom is -0.349 e. The lowest BCUT2D eigenvalue weighted by Crippen LogP contribution is -2.38. The van der Waals surface area contributed by atoms with Gasteiger partial charge in [-0.15, -0.1) is 0 Å². The van der Waals surface area contributed by atoms with E-state index in [2.05, 4.69) is 20.8 Å². The smallest absolute Gasteiger partial charge is 0.349 e. The fraction of sp³-hybridized carbons (Fsp3) is 0.607. The van der Waals surface area contributed by atoms with Gasteiger partial charge in [-0.3, -0.25) is 14.3 Å². The van der Waals surface area contributed by atoms with Crippen LogP contribution in [0.4, 0.5) is 22.0 Å². The number of amides is 2. The zero-order valence-corrected chi connectivity index (χ0v) is 23.4. The summed E-state index contributed by atoms with van der Waals surface area (Å²) in [6.07, 6.45) is -0.113. The first-order valence-electron chi connectivity index (χ1n) is 14.2. The Hall–Kier alpha value is -3.58. The third-order valence-electron chi connectivity index (χ3n) is 7.99. The molecule has 14 heteroatoms. The average molecular weight is 596 g/mol. The van der Waals surface area contributed by atoms with Gasteiger partial charge in [-0.25, -0.2) is 18.3 Å². The molecule has 0 aliphatic heterocycles. The van der Waals surface area contributed by atoms with Crippen molar-refractivity contribution in [3.63, 3.8) is 0 Å². The van der Waals surface area contributed by atoms with E-state index in [0.717, 1.165) is 12.8 Å². The molecule has 3 aromatic rings. The number of aromatic nitrogens is 5. The molecule has 2 N–H and O–H groups in total. The highest BCUT2D eigenvalue weighted by Crippen LogP contribution is 2.43. The van der Waals surface area contributed by atoms with Crippen molar-refractivity contribution in [2.24, 2.45) is 11.8 Å². The molecule has 2 aliphatic rings. The van der Waals surface area contributed by atoms with Crippen LogP contribution in [0.15, 0.2) is 30.7 Å². The molecule has 0 spiro atoms. The summed E-state index contributed by atoms with van der Waals surface area (Å²) in [7, 11) is 0. The lowest BCUT2D eigenvalue weighted by atomic mass is 9.81. The van der Waals surface area contributed by atoms with E-state index in [9.17, 15) is 31.5 Å². The number of carbonyl (C=O) groups excluding carboxylic acids is 2. The average Bonchev–Trinajstić information content (AvgIpc) is 3.47. The van der Waals surface area contributed by atoms with Crippen LogP contribution in [0.25, 0.3) is 5.65 Å². The number of halogens is 5. The minimum atomic E-state index is -4.42. The maximum absolute atomic E-state index is 14.0. The predicted octanol–water partition coefficient (Wildman–Crippen LogP) is 5.71. The maximum atomic E-state index is 14.0. The molecule has 2 saturated carbocycles. The van der Waals surface area contributed by atoms with Gasteiger partial charge in [0.05, 0.1) is 36.6 Å². The van der Waals surface area contributed by atoms with Gasteiger partial charge in [0.2, 0.25) is 11.8 Å². The molecule has 9 nitrogen and oxygen atoms in total. The first-order chi connectivity index (χ1) is 19.8. The van der Waals surface area contributed by atoms with Gasteiger partial charge >= 0.3 is 6.18 Å². The van der Waals surface area contributed by atoms with Crippen molar-refractivity contribution in [2.75, 3.05) is 0 Å². The van der Waals surface area contributed by atoms with E-state index in [1.165, 1.54) is 10.7 Å². The monoisotopic (exact) mass is 595 g/mol. The zero-order chi connectivity index (χ0) is 30.2. The quantitative estimate of drug-likeness (QED) is 0.292. The topological polar surface area (TPSA) is 106 Å². The number of carbonyl (C=O) groups is 2. The zero-order valence-electron chi connectivity index (χ0n) is 23.4. The highest BCUT2D eigenvalue weighted by Gasteiger charge is 2.40. The normalized spacial score (nSPS) is 19.1. The SMILES string of the molecule is CC(C)n1nccc1C(=O)N[C@H](c1cn2ncc([C@@H](NC(=O)CCC(F)(F)F)C3CC3)cc2n1)C1CCC(F)(F)CC1. The molecular weight excluding hydrogens is 561 g/mol. The Morgan fingerprint density at radius 3 is 2.38 bits per heavy atom. The lowest BCUT2D eigenvalue weighted by molar-refractivity contribution is -0.144. The number of imidazole rings is 1. The van der Waals surface area contributed by atoms with Crippen LogP contribution >= 0.6 is 0 Å². The molecule has 5 rings (SSSR count). The van der Waals surface area contributed by atoms with Crippen molar-refractivity contribution in [3.05, 3.63) is 47.7 Å². The number of nitrogens with one attached hydrogen (secondary N) is 2. The van der Waals surface area contributed by atoms with Crippen molar-refractivity contribution in [3.8, 4) is 0 Å². The first kappa shape index (κ1) is 29.9. The van der Waals surface area contributed by atoms with E-state index in [4.69, 9.17) is 4.98 Å². The van der Waals surface area contributed by atoms with Gasteiger partial charge in [-0.1, -0.05) is 0 Å². The van der Waals surface area contributed by atoms with E-state index in [1.807, 2.05) is 13.8 Å². The van der Waals surface area contributed by atoms with Crippen LogP contribution < -0.4 is 10.6 Å². The van der Waals surface area contributed by atoms with Crippen LogP contribution in [0.1, 0.15) is 105 Å². The van der Waals surface area contributed by atoms with Gasteiger partial charge in [0.15, 0.2) is 5.65 Å². The fourth-order valence-electron chi connectivity index (χ4n) is 5.58. The highest BCUT2D eigenvalue weighted by molar-refractivity contribution is 5.92. The van der Waals surface area contributed by atoms with Crippen molar-refractivity contribution in [1.29, 1.82) is 0 Å². The van der Waals surface area contributed by atoms with Crippen molar-refractivity contribution in [1.82, 2.24) is 35.0 Å². The van der Waals surface area contributed by atoms with Crippen LogP contribution in [-0.4, -0.2) is 48.3 Å². The lowest BCUT2D eigenvalue weighted by Gasteiger charge is -2.33. The minimum absolute atomic E-state index is 0.0706. The van der Waals surface area contributed by atoms with Gasteiger partial charge in [-0.2, -0.15) is 23.4 Å². The van der Waals surface area contributed by atoms with E-state index >= 15 is 0 Å². The summed E-state index contributed by atoms with van der Waals surface area (Å²) in [5.41, 5.74) is 1.82. The molecule has 0 radical (unpaired) electrons. The van der Waals surface area contributed by atoms with Crippen LogP contribution in [-0.2, 0) is 4.79 Å². The van der Waals surface area contributed by atoms with Crippen LogP contribution in [0.3, 0.4) is 0 Å². The molecule has 42 heavy (non-hydrogen) atoms. The second-order valence-corrected chi connectivity index (χ2v) is 11.7. The molecule has 228 valence electrons. The number of fused-ring (bicyclic) bond motifs is 1.